The molecule has 3 rings (SSSR count). The minimum Gasteiger partial charge on any atom is -0.375 e. The van der Waals surface area contributed by atoms with Crippen molar-refractivity contribution >= 4 is 11.6 Å². The zero-order chi connectivity index (χ0) is 15.4. The summed E-state index contributed by atoms with van der Waals surface area (Å²) in [6.07, 6.45) is 3.31. The molecule has 2 aromatic carbocycles. The van der Waals surface area contributed by atoms with Crippen LogP contribution in [0, 0.1) is 6.10 Å². The molecule has 2 nitrogen and oxygen atoms in total. The van der Waals surface area contributed by atoms with Crippen molar-refractivity contribution in [2.75, 3.05) is 20.2 Å². The maximum Gasteiger partial charge on any atom is 0.0992 e. The molecular weight excluding hydrogens is 294 g/mol. The molecule has 1 aliphatic heterocycles. The molecule has 1 heterocycles. The summed E-state index contributed by atoms with van der Waals surface area (Å²) >= 11 is 6.00. The topological polar surface area (TPSA) is 12.5 Å². The Balaban J connectivity index is 1.76. The predicted octanol–water partition coefficient (Wildman–Crippen LogP) is 4.78. The van der Waals surface area contributed by atoms with Crippen LogP contribution in [-0.4, -0.2) is 25.1 Å². The smallest absolute Gasteiger partial charge is 0.0992 e. The molecule has 0 saturated carbocycles. The van der Waals surface area contributed by atoms with Crippen LogP contribution >= 0.6 is 11.6 Å². The van der Waals surface area contributed by atoms with E-state index < -0.39 is 0 Å². The standard InChI is InChI=1S/C19H21ClNO/c1-22-18-10-12-21(13-11-18)14-16-4-2-3-5-19(16)15-6-8-17(20)9-7-15/h2-9H,10-14H2,1H3. The van der Waals surface area contributed by atoms with E-state index in [1.54, 1.807) is 7.11 Å². The maximum absolute atomic E-state index is 6.00. The second kappa shape index (κ2) is 7.28. The van der Waals surface area contributed by atoms with Crippen LogP contribution in [0.25, 0.3) is 11.1 Å². The summed E-state index contributed by atoms with van der Waals surface area (Å²) < 4.78 is 5.37. The van der Waals surface area contributed by atoms with Crippen molar-refractivity contribution < 1.29 is 4.74 Å². The van der Waals surface area contributed by atoms with Crippen LogP contribution in [0.1, 0.15) is 18.4 Å². The third-order valence-electron chi connectivity index (χ3n) is 4.27. The van der Waals surface area contributed by atoms with Crippen LogP contribution in [0.3, 0.4) is 0 Å². The van der Waals surface area contributed by atoms with Crippen molar-refractivity contribution in [1.29, 1.82) is 0 Å². The van der Waals surface area contributed by atoms with Crippen LogP contribution in [-0.2, 0) is 11.3 Å². The van der Waals surface area contributed by atoms with Crippen molar-refractivity contribution in [2.45, 2.75) is 19.4 Å². The number of methoxy groups -OCH3 is 1. The molecule has 0 N–H and O–H groups in total. The van der Waals surface area contributed by atoms with Gasteiger partial charge in [0.2, 0.25) is 0 Å². The minimum atomic E-state index is 0.778. The SMILES string of the molecule is CO[C]1CCN(Cc2ccccc2-c2ccc(Cl)cc2)CC1. The molecule has 0 bridgehead atoms. The number of halogens is 1. The van der Waals surface area contributed by atoms with Gasteiger partial charge in [0, 0.05) is 31.8 Å². The molecule has 0 aliphatic carbocycles. The number of hydrogen-bond acceptors (Lipinski definition) is 2. The van der Waals surface area contributed by atoms with Crippen LogP contribution in [0.5, 0.6) is 0 Å². The Morgan fingerprint density at radius 1 is 1.00 bits per heavy atom. The lowest BCUT2D eigenvalue weighted by Crippen LogP contribution is -2.33. The summed E-state index contributed by atoms with van der Waals surface area (Å²) in [6, 6.07) is 16.7. The first-order chi connectivity index (χ1) is 10.8. The molecule has 0 unspecified atom stereocenters. The summed E-state index contributed by atoms with van der Waals surface area (Å²) in [5, 5.41) is 0.778. The second-order valence-corrected chi connectivity index (χ2v) is 6.12. The molecule has 0 aromatic heterocycles. The quantitative estimate of drug-likeness (QED) is 0.805. The Morgan fingerprint density at radius 2 is 1.68 bits per heavy atom. The lowest BCUT2D eigenvalue weighted by atomic mass is 9.98. The predicted molar refractivity (Wildman–Crippen MR) is 91.7 cm³/mol. The van der Waals surface area contributed by atoms with Gasteiger partial charge in [0.1, 0.15) is 0 Å². The summed E-state index contributed by atoms with van der Waals surface area (Å²) in [5.41, 5.74) is 3.88. The highest BCUT2D eigenvalue weighted by Gasteiger charge is 2.20. The molecule has 3 heteroatoms. The van der Waals surface area contributed by atoms with Gasteiger partial charge in [-0.3, -0.25) is 4.90 Å². The Labute approximate surface area is 137 Å². The molecule has 2 aromatic rings. The van der Waals surface area contributed by atoms with E-state index in [1.807, 2.05) is 12.1 Å². The number of hydrogen-bond donors (Lipinski definition) is 0. The van der Waals surface area contributed by atoms with Crippen LogP contribution < -0.4 is 0 Å². The molecule has 0 atom stereocenters. The number of ether oxygens (including phenoxy) is 1. The summed E-state index contributed by atoms with van der Waals surface area (Å²) in [7, 11) is 1.78. The Hall–Kier alpha value is -1.35. The summed E-state index contributed by atoms with van der Waals surface area (Å²) in [6.45, 7) is 3.12. The maximum atomic E-state index is 6.00. The van der Waals surface area contributed by atoms with Crippen LogP contribution in [0.15, 0.2) is 48.5 Å². The van der Waals surface area contributed by atoms with Gasteiger partial charge in [-0.05, 0) is 41.7 Å². The first kappa shape index (κ1) is 15.5. The van der Waals surface area contributed by atoms with E-state index in [4.69, 9.17) is 16.3 Å². The molecule has 22 heavy (non-hydrogen) atoms. The van der Waals surface area contributed by atoms with Gasteiger partial charge in [0.15, 0.2) is 0 Å². The summed E-state index contributed by atoms with van der Waals surface area (Å²) in [4.78, 5) is 2.50. The zero-order valence-corrected chi connectivity index (χ0v) is 13.6. The van der Waals surface area contributed by atoms with Crippen molar-refractivity contribution in [3.63, 3.8) is 0 Å². The number of nitrogens with zero attached hydrogens (tertiary/aromatic N) is 1. The minimum absolute atomic E-state index is 0.778. The lowest BCUT2D eigenvalue weighted by molar-refractivity contribution is 0.117. The zero-order valence-electron chi connectivity index (χ0n) is 12.9. The van der Waals surface area contributed by atoms with E-state index in [1.165, 1.54) is 22.8 Å². The molecule has 115 valence electrons. The number of likely N-dealkylation sites (tertiary alicyclic amines) is 1. The van der Waals surface area contributed by atoms with Crippen LogP contribution in [0.2, 0.25) is 5.02 Å². The fourth-order valence-corrected chi connectivity index (χ4v) is 3.10. The Kier molecular flexibility index (Phi) is 5.14. The van der Waals surface area contributed by atoms with E-state index in [9.17, 15) is 0 Å². The molecule has 0 spiro atoms. The van der Waals surface area contributed by atoms with Crippen molar-refractivity contribution in [1.82, 2.24) is 4.90 Å². The molecule has 1 fully saturated rings. The second-order valence-electron chi connectivity index (χ2n) is 5.68. The van der Waals surface area contributed by atoms with E-state index >= 15 is 0 Å². The lowest BCUT2D eigenvalue weighted by Gasteiger charge is -2.31. The van der Waals surface area contributed by atoms with E-state index in [0.717, 1.165) is 37.5 Å². The first-order valence-electron chi connectivity index (χ1n) is 7.71. The largest absolute Gasteiger partial charge is 0.375 e. The average Bonchev–Trinajstić information content (AvgIpc) is 2.57. The van der Waals surface area contributed by atoms with Gasteiger partial charge in [-0.2, -0.15) is 0 Å². The first-order valence-corrected chi connectivity index (χ1v) is 8.09. The van der Waals surface area contributed by atoms with Crippen molar-refractivity contribution in [3.8, 4) is 11.1 Å². The fraction of sp³-hybridized carbons (Fsp3) is 0.316. The van der Waals surface area contributed by atoms with Crippen molar-refractivity contribution in [2.24, 2.45) is 0 Å². The third kappa shape index (κ3) is 3.70. The third-order valence-corrected chi connectivity index (χ3v) is 4.52. The van der Waals surface area contributed by atoms with Gasteiger partial charge in [-0.15, -0.1) is 0 Å². The van der Waals surface area contributed by atoms with Gasteiger partial charge in [-0.25, -0.2) is 0 Å². The highest BCUT2D eigenvalue weighted by molar-refractivity contribution is 6.30. The molecular formula is C19H21ClNO. The molecule has 1 aliphatic rings. The monoisotopic (exact) mass is 314 g/mol. The molecule has 1 radical (unpaired) electrons. The molecule has 0 amide bonds. The Bertz CT molecular complexity index is 603. The normalized spacial score (nSPS) is 16.8. The number of benzene rings is 2. The molecule has 1 saturated heterocycles. The average molecular weight is 315 g/mol. The number of piperidine rings is 1. The van der Waals surface area contributed by atoms with Gasteiger partial charge < -0.3 is 4.74 Å². The van der Waals surface area contributed by atoms with Gasteiger partial charge >= 0.3 is 0 Å². The summed E-state index contributed by atoms with van der Waals surface area (Å²) in [5.74, 6) is 0. The highest BCUT2D eigenvalue weighted by Crippen LogP contribution is 2.28. The fourth-order valence-electron chi connectivity index (χ4n) is 2.97. The Morgan fingerprint density at radius 3 is 2.36 bits per heavy atom. The van der Waals surface area contributed by atoms with E-state index in [0.29, 0.717) is 0 Å². The highest BCUT2D eigenvalue weighted by atomic mass is 35.5. The number of rotatable bonds is 4. The van der Waals surface area contributed by atoms with Gasteiger partial charge in [0.25, 0.3) is 0 Å². The van der Waals surface area contributed by atoms with E-state index in [-0.39, 0.29) is 0 Å². The van der Waals surface area contributed by atoms with E-state index in [2.05, 4.69) is 41.3 Å². The van der Waals surface area contributed by atoms with Crippen molar-refractivity contribution in [3.05, 3.63) is 65.2 Å². The van der Waals surface area contributed by atoms with Gasteiger partial charge in [0.05, 0.1) is 6.10 Å². The van der Waals surface area contributed by atoms with Crippen LogP contribution in [0.4, 0.5) is 0 Å². The van der Waals surface area contributed by atoms with Gasteiger partial charge in [-0.1, -0.05) is 48.0 Å².